The molecule has 5 rings (SSSR count). The fourth-order valence-electron chi connectivity index (χ4n) is 5.14. The minimum absolute atomic E-state index is 0.0231. The molecule has 4 heterocycles. The van der Waals surface area contributed by atoms with Crippen LogP contribution in [0.25, 0.3) is 5.57 Å². The molecule has 1 aromatic heterocycles. The van der Waals surface area contributed by atoms with Gasteiger partial charge in [0.05, 0.1) is 36.3 Å². The number of aromatic nitrogens is 1. The van der Waals surface area contributed by atoms with Gasteiger partial charge in [0.1, 0.15) is 5.82 Å². The summed E-state index contributed by atoms with van der Waals surface area (Å²) in [5.41, 5.74) is 2.47. The second-order valence-electron chi connectivity index (χ2n) is 9.48. The SMILES string of the molecule is N#CC1C=C(F)C(=NC2CCCC(NC(=O)N3CCOCC3)C2)N/C(=C2/CNc3ncc(Cl)cc32)C1. The van der Waals surface area contributed by atoms with E-state index in [9.17, 15) is 10.1 Å². The van der Waals surface area contributed by atoms with E-state index in [1.807, 2.05) is 6.07 Å². The van der Waals surface area contributed by atoms with Crippen LogP contribution < -0.4 is 16.0 Å². The molecule has 3 atom stereocenters. The number of urea groups is 1. The van der Waals surface area contributed by atoms with E-state index in [-0.39, 0.29) is 24.0 Å². The number of ether oxygens (including phenoxy) is 1. The molecule has 0 bridgehead atoms. The third kappa shape index (κ3) is 5.47. The first-order chi connectivity index (χ1) is 17.5. The first-order valence-electron chi connectivity index (χ1n) is 12.4. The summed E-state index contributed by atoms with van der Waals surface area (Å²) in [5, 5.41) is 19.7. The number of hydrogen-bond acceptors (Lipinski definition) is 6. The minimum Gasteiger partial charge on any atom is -0.378 e. The monoisotopic (exact) mass is 513 g/mol. The van der Waals surface area contributed by atoms with Crippen molar-refractivity contribution in [3.05, 3.63) is 40.4 Å². The summed E-state index contributed by atoms with van der Waals surface area (Å²) >= 11 is 6.18. The molecule has 0 aromatic carbocycles. The number of nitriles is 1. The molecule has 190 valence electrons. The largest absolute Gasteiger partial charge is 0.378 e. The van der Waals surface area contributed by atoms with E-state index in [2.05, 4.69) is 27.0 Å². The van der Waals surface area contributed by atoms with Gasteiger partial charge in [-0.25, -0.2) is 14.2 Å². The standard InChI is InChI=1S/C25H29ClFN7O2/c26-16-10-19-20(14-30-23(19)29-13-16)22-9-15(12-28)8-21(27)24(33-22)31-17-2-1-3-18(11-17)32-25(35)34-4-6-36-7-5-34/h8,10,13,15,17-18H,1-7,9,11,14H2,(H,29,30)(H,31,33)(H,32,35)/b22-20-. The number of halogens is 2. The van der Waals surface area contributed by atoms with Gasteiger partial charge in [0.25, 0.3) is 0 Å². The summed E-state index contributed by atoms with van der Waals surface area (Å²) < 4.78 is 20.6. The van der Waals surface area contributed by atoms with Gasteiger partial charge in [-0.3, -0.25) is 4.99 Å². The second-order valence-corrected chi connectivity index (χ2v) is 9.92. The predicted octanol–water partition coefficient (Wildman–Crippen LogP) is 3.61. The summed E-state index contributed by atoms with van der Waals surface area (Å²) in [7, 11) is 0. The van der Waals surface area contributed by atoms with Crippen LogP contribution >= 0.6 is 11.6 Å². The maximum Gasteiger partial charge on any atom is 0.317 e. The third-order valence-electron chi connectivity index (χ3n) is 6.99. The number of nitrogens with zero attached hydrogens (tertiary/aromatic N) is 4. The van der Waals surface area contributed by atoms with E-state index in [0.29, 0.717) is 56.5 Å². The Morgan fingerprint density at radius 3 is 3.00 bits per heavy atom. The topological polar surface area (TPSA) is 115 Å². The van der Waals surface area contributed by atoms with Crippen LogP contribution in [0.2, 0.25) is 5.02 Å². The van der Waals surface area contributed by atoms with Crippen LogP contribution in [0, 0.1) is 17.2 Å². The molecule has 0 radical (unpaired) electrons. The van der Waals surface area contributed by atoms with E-state index in [4.69, 9.17) is 21.3 Å². The number of amidine groups is 1. The number of carbonyl (C=O) groups excluding carboxylic acids is 1. The van der Waals surface area contributed by atoms with E-state index in [1.54, 1.807) is 11.1 Å². The Balaban J connectivity index is 1.35. The van der Waals surface area contributed by atoms with Crippen molar-refractivity contribution < 1.29 is 13.9 Å². The van der Waals surface area contributed by atoms with Crippen LogP contribution in [0.15, 0.2) is 34.9 Å². The highest BCUT2D eigenvalue weighted by Gasteiger charge is 2.29. The van der Waals surface area contributed by atoms with Crippen molar-refractivity contribution in [1.29, 1.82) is 5.26 Å². The fraction of sp³-hybridized carbons (Fsp3) is 0.520. The van der Waals surface area contributed by atoms with Gasteiger partial charge < -0.3 is 25.6 Å². The fourth-order valence-corrected chi connectivity index (χ4v) is 5.30. The lowest BCUT2D eigenvalue weighted by Crippen LogP contribution is -2.50. The van der Waals surface area contributed by atoms with E-state index >= 15 is 4.39 Å². The normalized spacial score (nSPS) is 29.4. The van der Waals surface area contributed by atoms with Gasteiger partial charge in [0.15, 0.2) is 11.7 Å². The summed E-state index contributed by atoms with van der Waals surface area (Å²) in [4.78, 5) is 23.5. The quantitative estimate of drug-likeness (QED) is 0.556. The van der Waals surface area contributed by atoms with Crippen LogP contribution in [0.5, 0.6) is 0 Å². The molecule has 3 aliphatic heterocycles. The maximum atomic E-state index is 15.2. The number of pyridine rings is 1. The van der Waals surface area contributed by atoms with Gasteiger partial charge in [0.2, 0.25) is 0 Å². The molecule has 11 heteroatoms. The zero-order valence-electron chi connectivity index (χ0n) is 19.9. The summed E-state index contributed by atoms with van der Waals surface area (Å²) in [6, 6.07) is 3.75. The molecule has 1 saturated heterocycles. The highest BCUT2D eigenvalue weighted by molar-refractivity contribution is 6.30. The van der Waals surface area contributed by atoms with Crippen LogP contribution in [-0.4, -0.2) is 66.7 Å². The van der Waals surface area contributed by atoms with Gasteiger partial charge in [-0.2, -0.15) is 5.26 Å². The molecule has 3 N–H and O–H groups in total. The number of anilines is 1. The zero-order chi connectivity index (χ0) is 25.1. The van der Waals surface area contributed by atoms with E-state index in [1.165, 1.54) is 6.08 Å². The van der Waals surface area contributed by atoms with Crippen molar-refractivity contribution in [2.24, 2.45) is 10.9 Å². The van der Waals surface area contributed by atoms with Crippen molar-refractivity contribution >= 4 is 34.9 Å². The highest BCUT2D eigenvalue weighted by atomic mass is 35.5. The van der Waals surface area contributed by atoms with Crippen LogP contribution in [0.1, 0.15) is 37.7 Å². The number of carbonyl (C=O) groups is 1. The number of aliphatic imine (C=N–C) groups is 1. The highest BCUT2D eigenvalue weighted by Crippen LogP contribution is 2.35. The van der Waals surface area contributed by atoms with Crippen molar-refractivity contribution in [3.63, 3.8) is 0 Å². The molecule has 1 saturated carbocycles. The van der Waals surface area contributed by atoms with Crippen molar-refractivity contribution in [1.82, 2.24) is 20.5 Å². The Hall–Kier alpha value is -3.16. The number of rotatable bonds is 2. The molecule has 36 heavy (non-hydrogen) atoms. The number of nitrogens with one attached hydrogen (secondary N) is 3. The molecule has 2 amide bonds. The third-order valence-corrected chi connectivity index (χ3v) is 7.20. The number of allylic oxidation sites excluding steroid dienone is 2. The molecule has 1 aliphatic carbocycles. The number of amides is 2. The van der Waals surface area contributed by atoms with Gasteiger partial charge in [-0.05, 0) is 37.8 Å². The zero-order valence-corrected chi connectivity index (χ0v) is 20.7. The lowest BCUT2D eigenvalue weighted by atomic mass is 9.91. The molecule has 1 aromatic rings. The molecular formula is C25H29ClFN7O2. The Bertz CT molecular complexity index is 1160. The molecule has 0 spiro atoms. The van der Waals surface area contributed by atoms with Crippen molar-refractivity contribution in [2.45, 2.75) is 44.2 Å². The predicted molar refractivity (Wildman–Crippen MR) is 135 cm³/mol. The Morgan fingerprint density at radius 1 is 1.36 bits per heavy atom. The molecule has 4 aliphatic rings. The lowest BCUT2D eigenvalue weighted by Gasteiger charge is -2.32. The van der Waals surface area contributed by atoms with Crippen LogP contribution in [-0.2, 0) is 4.74 Å². The van der Waals surface area contributed by atoms with Gasteiger partial charge >= 0.3 is 6.03 Å². The smallest absolute Gasteiger partial charge is 0.317 e. The van der Waals surface area contributed by atoms with Crippen LogP contribution in [0.4, 0.5) is 15.0 Å². The van der Waals surface area contributed by atoms with Gasteiger partial charge in [-0.1, -0.05) is 11.6 Å². The van der Waals surface area contributed by atoms with Crippen LogP contribution in [0.3, 0.4) is 0 Å². The Labute approximate surface area is 214 Å². The van der Waals surface area contributed by atoms with Gasteiger partial charge in [0, 0.05) is 55.1 Å². The average molecular weight is 514 g/mol. The Morgan fingerprint density at radius 2 is 2.19 bits per heavy atom. The minimum atomic E-state index is -0.629. The van der Waals surface area contributed by atoms with Crippen molar-refractivity contribution in [2.75, 3.05) is 38.2 Å². The maximum absolute atomic E-state index is 15.2. The second kappa shape index (κ2) is 10.8. The molecule has 3 unspecified atom stereocenters. The number of fused-ring (bicyclic) bond motifs is 1. The lowest BCUT2D eigenvalue weighted by molar-refractivity contribution is 0.0521. The molecular weight excluding hydrogens is 485 g/mol. The number of hydrogen-bond donors (Lipinski definition) is 3. The van der Waals surface area contributed by atoms with E-state index < -0.39 is 11.7 Å². The average Bonchev–Trinajstić information content (AvgIpc) is 3.23. The van der Waals surface area contributed by atoms with Gasteiger partial charge in [-0.15, -0.1) is 0 Å². The van der Waals surface area contributed by atoms with E-state index in [0.717, 1.165) is 36.1 Å². The first-order valence-corrected chi connectivity index (χ1v) is 12.7. The summed E-state index contributed by atoms with van der Waals surface area (Å²) in [6.07, 6.45) is 6.42. The molecule has 9 nitrogen and oxygen atoms in total. The first kappa shape index (κ1) is 24.5. The number of morpholine rings is 1. The van der Waals surface area contributed by atoms with Crippen molar-refractivity contribution in [3.8, 4) is 6.07 Å². The summed E-state index contributed by atoms with van der Waals surface area (Å²) in [6.45, 7) is 2.77. The Kier molecular flexibility index (Phi) is 7.39. The molecule has 2 fully saturated rings. The summed E-state index contributed by atoms with van der Waals surface area (Å²) in [5.74, 6) is -0.328.